The van der Waals surface area contributed by atoms with Crippen LogP contribution >= 0.6 is 0 Å². The molecule has 166 valence electrons. The summed E-state index contributed by atoms with van der Waals surface area (Å²) in [5.41, 5.74) is 2.20. The topological polar surface area (TPSA) is 95.1 Å². The van der Waals surface area contributed by atoms with Crippen LogP contribution in [0.25, 0.3) is 6.08 Å². The number of ether oxygens (including phenoxy) is 4. The average molecular weight is 428 g/mol. The fourth-order valence-corrected chi connectivity index (χ4v) is 2.80. The molecule has 0 aliphatic heterocycles. The van der Waals surface area contributed by atoms with Crippen molar-refractivity contribution >= 4 is 23.6 Å². The number of methoxy groups -OCH3 is 4. The maximum absolute atomic E-state index is 12.3. The van der Waals surface area contributed by atoms with Gasteiger partial charge in [-0.1, -0.05) is 12.1 Å². The van der Waals surface area contributed by atoms with Gasteiger partial charge in [0, 0.05) is 25.4 Å². The molecule has 0 saturated carbocycles. The predicted molar refractivity (Wildman–Crippen MR) is 119 cm³/mol. The molecule has 0 bridgehead atoms. The maximum atomic E-state index is 12.3. The molecule has 0 aromatic heterocycles. The molecule has 8 heteroatoms. The number of carbonyl (C=O) groups is 2. The summed E-state index contributed by atoms with van der Waals surface area (Å²) in [7, 11) is 6.18. The molecule has 8 nitrogen and oxygen atoms in total. The molecule has 2 aromatic carbocycles. The zero-order chi connectivity index (χ0) is 22.6. The van der Waals surface area contributed by atoms with Crippen LogP contribution in [0.2, 0.25) is 0 Å². The standard InChI is InChI=1S/C23H28N2O6/c1-28-12-11-24-22(27)15-16-5-8-18(9-6-16)25-21(26)10-7-17-13-19(29-2)23(31-4)20(14-17)30-3/h5-10,13-14H,11-12,15H2,1-4H3,(H,24,27)(H,25,26)/b10-7+. The van der Waals surface area contributed by atoms with Gasteiger partial charge in [0.05, 0.1) is 34.4 Å². The van der Waals surface area contributed by atoms with E-state index in [1.807, 2.05) is 0 Å². The van der Waals surface area contributed by atoms with Crippen LogP contribution in [0.5, 0.6) is 17.2 Å². The first kappa shape index (κ1) is 23.8. The number of rotatable bonds is 11. The lowest BCUT2D eigenvalue weighted by Crippen LogP contribution is -2.28. The number of amides is 2. The average Bonchev–Trinajstić information content (AvgIpc) is 2.78. The third kappa shape index (κ3) is 7.35. The van der Waals surface area contributed by atoms with E-state index < -0.39 is 0 Å². The van der Waals surface area contributed by atoms with E-state index in [2.05, 4.69) is 10.6 Å². The summed E-state index contributed by atoms with van der Waals surface area (Å²) in [6.07, 6.45) is 3.33. The van der Waals surface area contributed by atoms with Gasteiger partial charge in [-0.05, 0) is 41.5 Å². The molecule has 2 aromatic rings. The Balaban J connectivity index is 1.96. The summed E-state index contributed by atoms with van der Waals surface area (Å²) < 4.78 is 20.8. The van der Waals surface area contributed by atoms with Gasteiger partial charge in [-0.3, -0.25) is 9.59 Å². The zero-order valence-electron chi connectivity index (χ0n) is 18.2. The predicted octanol–water partition coefficient (Wildman–Crippen LogP) is 2.67. The molecule has 0 fully saturated rings. The molecule has 2 rings (SSSR count). The Morgan fingerprint density at radius 1 is 0.935 bits per heavy atom. The van der Waals surface area contributed by atoms with Crippen LogP contribution in [0, 0.1) is 0 Å². The minimum Gasteiger partial charge on any atom is -0.493 e. The first-order valence-corrected chi connectivity index (χ1v) is 9.64. The highest BCUT2D eigenvalue weighted by atomic mass is 16.5. The Hall–Kier alpha value is -3.52. The van der Waals surface area contributed by atoms with Gasteiger partial charge in [-0.2, -0.15) is 0 Å². The van der Waals surface area contributed by atoms with Crippen molar-refractivity contribution in [1.29, 1.82) is 0 Å². The van der Waals surface area contributed by atoms with Gasteiger partial charge in [-0.25, -0.2) is 0 Å². The van der Waals surface area contributed by atoms with Crippen molar-refractivity contribution in [1.82, 2.24) is 5.32 Å². The molecule has 0 saturated heterocycles. The molecule has 0 aliphatic rings. The highest BCUT2D eigenvalue weighted by Gasteiger charge is 2.12. The molecule has 0 heterocycles. The fraction of sp³-hybridized carbons (Fsp3) is 0.304. The lowest BCUT2D eigenvalue weighted by atomic mass is 10.1. The lowest BCUT2D eigenvalue weighted by molar-refractivity contribution is -0.120. The second-order valence-electron chi connectivity index (χ2n) is 6.50. The SMILES string of the molecule is COCCNC(=O)Cc1ccc(NC(=O)/C=C/c2cc(OC)c(OC)c(OC)c2)cc1. The quantitative estimate of drug-likeness (QED) is 0.422. The van der Waals surface area contributed by atoms with Crippen LogP contribution in [0.4, 0.5) is 5.69 Å². The largest absolute Gasteiger partial charge is 0.493 e. The van der Waals surface area contributed by atoms with Crippen LogP contribution < -0.4 is 24.8 Å². The zero-order valence-corrected chi connectivity index (χ0v) is 18.2. The number of nitrogens with one attached hydrogen (secondary N) is 2. The van der Waals surface area contributed by atoms with E-state index in [9.17, 15) is 9.59 Å². The first-order valence-electron chi connectivity index (χ1n) is 9.64. The molecule has 0 radical (unpaired) electrons. The third-order valence-electron chi connectivity index (χ3n) is 4.33. The minimum absolute atomic E-state index is 0.0814. The van der Waals surface area contributed by atoms with Crippen molar-refractivity contribution in [3.05, 3.63) is 53.6 Å². The van der Waals surface area contributed by atoms with Gasteiger partial charge >= 0.3 is 0 Å². The van der Waals surface area contributed by atoms with Gasteiger partial charge in [-0.15, -0.1) is 0 Å². The molecule has 0 atom stereocenters. The highest BCUT2D eigenvalue weighted by molar-refractivity contribution is 6.02. The normalized spacial score (nSPS) is 10.6. The summed E-state index contributed by atoms with van der Waals surface area (Å²) >= 11 is 0. The van der Waals surface area contributed by atoms with E-state index in [0.717, 1.165) is 11.1 Å². The van der Waals surface area contributed by atoms with Gasteiger partial charge in [0.2, 0.25) is 17.6 Å². The third-order valence-corrected chi connectivity index (χ3v) is 4.33. The van der Waals surface area contributed by atoms with Gasteiger partial charge < -0.3 is 29.6 Å². The highest BCUT2D eigenvalue weighted by Crippen LogP contribution is 2.38. The maximum Gasteiger partial charge on any atom is 0.248 e. The lowest BCUT2D eigenvalue weighted by Gasteiger charge is -2.12. The van der Waals surface area contributed by atoms with Crippen molar-refractivity contribution in [2.24, 2.45) is 0 Å². The van der Waals surface area contributed by atoms with E-state index in [1.165, 1.54) is 27.4 Å². The van der Waals surface area contributed by atoms with Crippen molar-refractivity contribution in [2.45, 2.75) is 6.42 Å². The molecular weight excluding hydrogens is 400 g/mol. The second-order valence-corrected chi connectivity index (χ2v) is 6.50. The Kier molecular flexibility index (Phi) is 9.38. The van der Waals surface area contributed by atoms with Crippen LogP contribution in [0.1, 0.15) is 11.1 Å². The molecule has 0 unspecified atom stereocenters. The van der Waals surface area contributed by atoms with Crippen LogP contribution in [0.15, 0.2) is 42.5 Å². The summed E-state index contributed by atoms with van der Waals surface area (Å²) in [6, 6.07) is 10.6. The van der Waals surface area contributed by atoms with E-state index in [-0.39, 0.29) is 18.2 Å². The molecular formula is C23H28N2O6. The van der Waals surface area contributed by atoms with E-state index in [1.54, 1.807) is 49.6 Å². The smallest absolute Gasteiger partial charge is 0.248 e. The Bertz CT molecular complexity index is 884. The Labute approximate surface area is 182 Å². The summed E-state index contributed by atoms with van der Waals surface area (Å²) in [5, 5.41) is 5.55. The van der Waals surface area contributed by atoms with Crippen LogP contribution in [-0.2, 0) is 20.7 Å². The first-order chi connectivity index (χ1) is 15.0. The summed E-state index contributed by atoms with van der Waals surface area (Å²) in [6.45, 7) is 0.946. The molecule has 0 spiro atoms. The van der Waals surface area contributed by atoms with Gasteiger partial charge in [0.15, 0.2) is 11.5 Å². The summed E-state index contributed by atoms with van der Waals surface area (Å²) in [4.78, 5) is 24.1. The number of anilines is 1. The van der Waals surface area contributed by atoms with Gasteiger partial charge in [0.25, 0.3) is 0 Å². The number of benzene rings is 2. The fourth-order valence-electron chi connectivity index (χ4n) is 2.80. The molecule has 2 amide bonds. The van der Waals surface area contributed by atoms with Crippen molar-refractivity contribution in [2.75, 3.05) is 46.9 Å². The van der Waals surface area contributed by atoms with Crippen LogP contribution in [0.3, 0.4) is 0 Å². The Morgan fingerprint density at radius 3 is 2.13 bits per heavy atom. The molecule has 0 aliphatic carbocycles. The van der Waals surface area contributed by atoms with Gasteiger partial charge in [0.1, 0.15) is 0 Å². The number of carbonyl (C=O) groups excluding carboxylic acids is 2. The minimum atomic E-state index is -0.293. The van der Waals surface area contributed by atoms with Crippen molar-refractivity contribution in [3.63, 3.8) is 0 Å². The Morgan fingerprint density at radius 2 is 1.58 bits per heavy atom. The summed E-state index contributed by atoms with van der Waals surface area (Å²) in [5.74, 6) is 1.12. The van der Waals surface area contributed by atoms with Crippen molar-refractivity contribution < 1.29 is 28.5 Å². The number of hydrogen-bond donors (Lipinski definition) is 2. The number of hydrogen-bond acceptors (Lipinski definition) is 6. The molecule has 31 heavy (non-hydrogen) atoms. The van der Waals surface area contributed by atoms with Crippen molar-refractivity contribution in [3.8, 4) is 17.2 Å². The van der Waals surface area contributed by atoms with Crippen LogP contribution in [-0.4, -0.2) is 53.4 Å². The van der Waals surface area contributed by atoms with E-state index >= 15 is 0 Å². The second kappa shape index (κ2) is 12.2. The van der Waals surface area contributed by atoms with E-state index in [0.29, 0.717) is 36.1 Å². The van der Waals surface area contributed by atoms with E-state index in [4.69, 9.17) is 18.9 Å². The monoisotopic (exact) mass is 428 g/mol. The molecule has 2 N–H and O–H groups in total.